The molecule has 0 bridgehead atoms. The van der Waals surface area contributed by atoms with Crippen molar-refractivity contribution in [3.8, 4) is 0 Å². The Balaban J connectivity index is -0.000000196. The van der Waals surface area contributed by atoms with Crippen LogP contribution in [0.4, 0.5) is 4.79 Å². The summed E-state index contributed by atoms with van der Waals surface area (Å²) in [7, 11) is 8.94. The van der Waals surface area contributed by atoms with E-state index in [0.29, 0.717) is 0 Å². The second-order valence-corrected chi connectivity index (χ2v) is 5.39. The van der Waals surface area contributed by atoms with Gasteiger partial charge in [0.05, 0.1) is 54.4 Å². The fourth-order valence-electron chi connectivity index (χ4n) is 0.447. The fraction of sp³-hybridized carbons (Fsp3) is 0.923. The third kappa shape index (κ3) is 24.4. The van der Waals surface area contributed by atoms with Crippen LogP contribution in [0, 0.1) is 0 Å². The van der Waals surface area contributed by atoms with Gasteiger partial charge in [0.15, 0.2) is 0 Å². The minimum Gasteiger partial charge on any atom is -0.652 e. The van der Waals surface area contributed by atoms with Crippen molar-refractivity contribution in [3.05, 3.63) is 0 Å². The van der Waals surface area contributed by atoms with Crippen molar-refractivity contribution in [2.24, 2.45) is 0 Å². The van der Waals surface area contributed by atoms with Gasteiger partial charge in [-0.05, 0) is 33.9 Å². The SMILES string of the molecule is CC[N+](C)(C)CC.CC[N+](C)(C)CC.O=C([O-])[O-]. The molecular formula is C13H32N2O3. The van der Waals surface area contributed by atoms with Gasteiger partial charge in [-0.15, -0.1) is 0 Å². The standard InChI is InChI=1S/2C6H16N.CH2O3/c2*1-5-7(3,4)6-2;2-1(3)4/h2*5-6H2,1-4H3;(H2,2,3,4)/q2*+1;/p-2. The van der Waals surface area contributed by atoms with Crippen LogP contribution in [0.5, 0.6) is 0 Å². The minimum absolute atomic E-state index is 1.14. The molecule has 0 aromatic heterocycles. The van der Waals surface area contributed by atoms with Crippen LogP contribution in [0.3, 0.4) is 0 Å². The summed E-state index contributed by atoms with van der Waals surface area (Å²) in [5.41, 5.74) is 0. The van der Waals surface area contributed by atoms with E-state index >= 15 is 0 Å². The molecular weight excluding hydrogens is 232 g/mol. The van der Waals surface area contributed by atoms with Crippen molar-refractivity contribution in [2.75, 3.05) is 54.4 Å². The van der Waals surface area contributed by atoms with Crippen LogP contribution in [0.2, 0.25) is 0 Å². The summed E-state index contributed by atoms with van der Waals surface area (Å²) in [4.78, 5) is 8.33. The van der Waals surface area contributed by atoms with Gasteiger partial charge in [-0.2, -0.15) is 0 Å². The predicted molar refractivity (Wildman–Crippen MR) is 71.8 cm³/mol. The molecule has 0 heterocycles. The molecule has 0 amide bonds. The lowest BCUT2D eigenvalue weighted by atomic mass is 10.5. The first-order valence-electron chi connectivity index (χ1n) is 6.49. The third-order valence-corrected chi connectivity index (χ3v) is 3.42. The number of carboxylic acid groups (broad SMARTS) is 2. The molecule has 5 nitrogen and oxygen atoms in total. The van der Waals surface area contributed by atoms with Crippen molar-refractivity contribution in [1.82, 2.24) is 0 Å². The topological polar surface area (TPSA) is 63.2 Å². The zero-order valence-corrected chi connectivity index (χ0v) is 13.4. The van der Waals surface area contributed by atoms with Gasteiger partial charge in [-0.25, -0.2) is 0 Å². The van der Waals surface area contributed by atoms with Gasteiger partial charge >= 0.3 is 0 Å². The number of carbonyl (C=O) groups excluding carboxylic acids is 1. The molecule has 112 valence electrons. The monoisotopic (exact) mass is 264 g/mol. The zero-order valence-electron chi connectivity index (χ0n) is 13.4. The van der Waals surface area contributed by atoms with Crippen molar-refractivity contribution in [1.29, 1.82) is 0 Å². The Hall–Kier alpha value is -0.810. The maximum absolute atomic E-state index is 8.33. The molecule has 0 aliphatic carbocycles. The minimum atomic E-state index is -2.33. The van der Waals surface area contributed by atoms with Crippen LogP contribution in [0.25, 0.3) is 0 Å². The van der Waals surface area contributed by atoms with Crippen LogP contribution >= 0.6 is 0 Å². The van der Waals surface area contributed by atoms with Crippen LogP contribution in [0.1, 0.15) is 27.7 Å². The molecule has 0 N–H and O–H groups in total. The zero-order chi connectivity index (χ0) is 15.4. The third-order valence-electron chi connectivity index (χ3n) is 3.42. The quantitative estimate of drug-likeness (QED) is 0.658. The van der Waals surface area contributed by atoms with E-state index in [1.165, 1.54) is 26.2 Å². The summed E-state index contributed by atoms with van der Waals surface area (Å²) in [5.74, 6) is 0. The van der Waals surface area contributed by atoms with E-state index in [1.807, 2.05) is 0 Å². The smallest absolute Gasteiger partial charge is 0.0753 e. The number of nitrogens with zero attached hydrogens (tertiary/aromatic N) is 2. The first-order valence-corrected chi connectivity index (χ1v) is 6.49. The molecule has 0 aromatic rings. The van der Waals surface area contributed by atoms with E-state index in [2.05, 4.69) is 55.9 Å². The molecule has 0 aromatic carbocycles. The largest absolute Gasteiger partial charge is 0.652 e. The highest BCUT2D eigenvalue weighted by atomic mass is 16.6. The van der Waals surface area contributed by atoms with Crippen molar-refractivity contribution < 1.29 is 24.0 Å². The molecule has 0 spiro atoms. The van der Waals surface area contributed by atoms with Gasteiger partial charge in [-0.1, -0.05) is 0 Å². The van der Waals surface area contributed by atoms with Gasteiger partial charge in [0.25, 0.3) is 0 Å². The van der Waals surface area contributed by atoms with Gasteiger partial charge < -0.3 is 24.0 Å². The Bertz CT molecular complexity index is 172. The Morgan fingerprint density at radius 2 is 0.833 bits per heavy atom. The van der Waals surface area contributed by atoms with E-state index in [0.717, 1.165) is 8.97 Å². The molecule has 0 aliphatic heterocycles. The van der Waals surface area contributed by atoms with Crippen LogP contribution in [-0.2, 0) is 0 Å². The fourth-order valence-corrected chi connectivity index (χ4v) is 0.447. The molecule has 0 aliphatic rings. The van der Waals surface area contributed by atoms with Gasteiger partial charge in [-0.3, -0.25) is 0 Å². The van der Waals surface area contributed by atoms with E-state index in [4.69, 9.17) is 15.0 Å². The van der Waals surface area contributed by atoms with Gasteiger partial charge in [0, 0.05) is 0 Å². The highest BCUT2D eigenvalue weighted by Crippen LogP contribution is 1.92. The average Bonchev–Trinajstić information content (AvgIpc) is 2.29. The Labute approximate surface area is 113 Å². The molecule has 0 radical (unpaired) electrons. The van der Waals surface area contributed by atoms with Crippen molar-refractivity contribution >= 4 is 6.16 Å². The lowest BCUT2D eigenvalue weighted by Crippen LogP contribution is -2.38. The molecule has 0 saturated carbocycles. The number of hydrogen-bond acceptors (Lipinski definition) is 3. The molecule has 0 rings (SSSR count). The Morgan fingerprint density at radius 1 is 0.722 bits per heavy atom. The summed E-state index contributed by atoms with van der Waals surface area (Å²) in [6.45, 7) is 13.8. The molecule has 5 heteroatoms. The summed E-state index contributed by atoms with van der Waals surface area (Å²) < 4.78 is 2.28. The highest BCUT2D eigenvalue weighted by Gasteiger charge is 2.05. The number of hydrogen-bond donors (Lipinski definition) is 0. The first kappa shape index (κ1) is 22.4. The van der Waals surface area contributed by atoms with Gasteiger partial charge in [0.1, 0.15) is 0 Å². The second kappa shape index (κ2) is 11.3. The summed E-state index contributed by atoms with van der Waals surface area (Å²) >= 11 is 0. The predicted octanol–water partition coefficient (Wildman–Crippen LogP) is -0.242. The van der Waals surface area contributed by atoms with Crippen LogP contribution in [0.15, 0.2) is 0 Å². The van der Waals surface area contributed by atoms with E-state index in [1.54, 1.807) is 0 Å². The van der Waals surface area contributed by atoms with Crippen molar-refractivity contribution in [3.63, 3.8) is 0 Å². The normalized spacial score (nSPS) is 10.7. The van der Waals surface area contributed by atoms with E-state index in [-0.39, 0.29) is 0 Å². The molecule has 0 atom stereocenters. The summed E-state index contributed by atoms with van der Waals surface area (Å²) in [6.07, 6.45) is -2.33. The number of carbonyl (C=O) groups is 1. The Morgan fingerprint density at radius 3 is 0.833 bits per heavy atom. The number of quaternary nitrogens is 2. The highest BCUT2D eigenvalue weighted by molar-refractivity contribution is 5.47. The molecule has 18 heavy (non-hydrogen) atoms. The van der Waals surface area contributed by atoms with Crippen LogP contribution < -0.4 is 10.2 Å². The lowest BCUT2D eigenvalue weighted by Gasteiger charge is -2.25. The maximum atomic E-state index is 8.33. The molecule has 0 unspecified atom stereocenters. The van der Waals surface area contributed by atoms with E-state index in [9.17, 15) is 0 Å². The molecule has 0 saturated heterocycles. The maximum Gasteiger partial charge on any atom is 0.0753 e. The van der Waals surface area contributed by atoms with Crippen molar-refractivity contribution in [2.45, 2.75) is 27.7 Å². The average molecular weight is 264 g/mol. The van der Waals surface area contributed by atoms with Gasteiger partial charge in [0.2, 0.25) is 0 Å². The lowest BCUT2D eigenvalue weighted by molar-refractivity contribution is -0.886. The Kier molecular flexibility index (Phi) is 14.0. The summed E-state index contributed by atoms with van der Waals surface area (Å²) in [6, 6.07) is 0. The van der Waals surface area contributed by atoms with Crippen LogP contribution in [-0.4, -0.2) is 69.5 Å². The molecule has 0 fully saturated rings. The number of rotatable bonds is 4. The summed E-state index contributed by atoms with van der Waals surface area (Å²) in [5, 5.41) is 16.7. The van der Waals surface area contributed by atoms with E-state index < -0.39 is 6.16 Å². The second-order valence-electron chi connectivity index (χ2n) is 5.39. The first-order chi connectivity index (χ1) is 7.97.